The van der Waals surface area contributed by atoms with Crippen molar-refractivity contribution in [2.24, 2.45) is 11.8 Å². The zero-order valence-corrected chi connectivity index (χ0v) is 17.4. The van der Waals surface area contributed by atoms with Gasteiger partial charge in [0.25, 0.3) is 5.91 Å². The Morgan fingerprint density at radius 1 is 1.04 bits per heavy atom. The second kappa shape index (κ2) is 10.5. The van der Waals surface area contributed by atoms with Crippen molar-refractivity contribution in [2.75, 3.05) is 19.5 Å². The second-order valence-corrected chi connectivity index (χ2v) is 7.91. The fourth-order valence-electron chi connectivity index (χ4n) is 3.91. The van der Waals surface area contributed by atoms with Gasteiger partial charge < -0.3 is 19.5 Å². The quantitative estimate of drug-likeness (QED) is 0.655. The Balaban J connectivity index is 2.09. The van der Waals surface area contributed by atoms with E-state index in [4.69, 9.17) is 14.2 Å². The van der Waals surface area contributed by atoms with Crippen LogP contribution in [0.3, 0.4) is 0 Å². The zero-order valence-electron chi connectivity index (χ0n) is 17.4. The highest BCUT2D eigenvalue weighted by atomic mass is 16.5. The van der Waals surface area contributed by atoms with E-state index in [1.165, 1.54) is 32.1 Å². The van der Waals surface area contributed by atoms with E-state index in [-0.39, 0.29) is 17.9 Å². The van der Waals surface area contributed by atoms with Crippen molar-refractivity contribution in [3.05, 3.63) is 18.2 Å². The van der Waals surface area contributed by atoms with E-state index < -0.39 is 6.10 Å². The van der Waals surface area contributed by atoms with Gasteiger partial charge in [-0.15, -0.1) is 0 Å². The molecular formula is C22H35NO4. The van der Waals surface area contributed by atoms with Gasteiger partial charge in [-0.05, 0) is 32.1 Å². The molecule has 1 aliphatic rings. The van der Waals surface area contributed by atoms with Crippen LogP contribution in [-0.2, 0) is 9.53 Å². The molecule has 0 radical (unpaired) electrons. The average molecular weight is 378 g/mol. The predicted molar refractivity (Wildman–Crippen MR) is 109 cm³/mol. The van der Waals surface area contributed by atoms with Crippen molar-refractivity contribution in [1.82, 2.24) is 0 Å². The number of carbonyl (C=O) groups excluding carboxylic acids is 1. The molecule has 1 aromatic carbocycles. The summed E-state index contributed by atoms with van der Waals surface area (Å²) in [5.41, 5.74) is 0.651. The molecule has 1 N–H and O–H groups in total. The first-order valence-corrected chi connectivity index (χ1v) is 10.1. The highest BCUT2D eigenvalue weighted by Crippen LogP contribution is 2.32. The Kier molecular flexibility index (Phi) is 8.42. The number of methoxy groups -OCH3 is 2. The summed E-state index contributed by atoms with van der Waals surface area (Å²) in [6, 6.07) is 5.36. The number of anilines is 1. The zero-order chi connectivity index (χ0) is 19.8. The van der Waals surface area contributed by atoms with Gasteiger partial charge in [0.15, 0.2) is 0 Å². The maximum atomic E-state index is 13.0. The van der Waals surface area contributed by atoms with Crippen LogP contribution in [0.15, 0.2) is 18.2 Å². The molecule has 5 nitrogen and oxygen atoms in total. The topological polar surface area (TPSA) is 56.8 Å². The SMILES string of the molecule is COc1cc(NC(=O)C(OC(C)C)C(C)CC2CCCCC2)cc(OC)c1. The van der Waals surface area contributed by atoms with Crippen molar-refractivity contribution >= 4 is 11.6 Å². The molecule has 0 heterocycles. The van der Waals surface area contributed by atoms with Gasteiger partial charge in [0, 0.05) is 23.9 Å². The van der Waals surface area contributed by atoms with Gasteiger partial charge in [-0.2, -0.15) is 0 Å². The Hall–Kier alpha value is -1.75. The first-order chi connectivity index (χ1) is 12.9. The van der Waals surface area contributed by atoms with E-state index in [0.29, 0.717) is 23.1 Å². The van der Waals surface area contributed by atoms with Gasteiger partial charge in [0.05, 0.1) is 20.3 Å². The number of nitrogens with one attached hydrogen (secondary N) is 1. The van der Waals surface area contributed by atoms with Crippen LogP contribution in [0.5, 0.6) is 11.5 Å². The number of rotatable bonds is 9. The van der Waals surface area contributed by atoms with Crippen LogP contribution in [0.2, 0.25) is 0 Å². The van der Waals surface area contributed by atoms with Crippen molar-refractivity contribution in [3.63, 3.8) is 0 Å². The lowest BCUT2D eigenvalue weighted by Crippen LogP contribution is -2.38. The summed E-state index contributed by atoms with van der Waals surface area (Å²) in [5.74, 6) is 2.05. The standard InChI is InChI=1S/C22H35NO4/c1-15(2)27-21(16(3)11-17-9-7-6-8-10-17)22(24)23-18-12-19(25-4)14-20(13-18)26-5/h12-17,21H,6-11H2,1-5H3,(H,23,24). The predicted octanol–water partition coefficient (Wildman–Crippen LogP) is 5.04. The van der Waals surface area contributed by atoms with Gasteiger partial charge in [-0.3, -0.25) is 4.79 Å². The maximum Gasteiger partial charge on any atom is 0.253 e. The first kappa shape index (κ1) is 21.5. The first-order valence-electron chi connectivity index (χ1n) is 10.1. The van der Waals surface area contributed by atoms with Crippen LogP contribution < -0.4 is 14.8 Å². The molecule has 1 aliphatic carbocycles. The molecule has 2 unspecified atom stereocenters. The van der Waals surface area contributed by atoms with Crippen LogP contribution in [0.4, 0.5) is 5.69 Å². The summed E-state index contributed by atoms with van der Waals surface area (Å²) >= 11 is 0. The average Bonchev–Trinajstić information content (AvgIpc) is 2.66. The monoisotopic (exact) mass is 377 g/mol. The Morgan fingerprint density at radius 2 is 1.63 bits per heavy atom. The molecule has 152 valence electrons. The fourth-order valence-corrected chi connectivity index (χ4v) is 3.91. The minimum absolute atomic E-state index is 0.00518. The molecule has 0 aliphatic heterocycles. The van der Waals surface area contributed by atoms with Gasteiger partial charge in [-0.25, -0.2) is 0 Å². The van der Waals surface area contributed by atoms with E-state index in [9.17, 15) is 4.79 Å². The third-order valence-electron chi connectivity index (χ3n) is 5.24. The number of ether oxygens (including phenoxy) is 3. The van der Waals surface area contributed by atoms with Gasteiger partial charge >= 0.3 is 0 Å². The summed E-state index contributed by atoms with van der Waals surface area (Å²) in [7, 11) is 3.19. The third-order valence-corrected chi connectivity index (χ3v) is 5.24. The molecule has 2 rings (SSSR count). The molecule has 1 aromatic rings. The van der Waals surface area contributed by atoms with E-state index in [2.05, 4.69) is 12.2 Å². The van der Waals surface area contributed by atoms with Crippen molar-refractivity contribution in [2.45, 2.75) is 71.5 Å². The highest BCUT2D eigenvalue weighted by molar-refractivity contribution is 5.94. The van der Waals surface area contributed by atoms with Gasteiger partial charge in [-0.1, -0.05) is 39.0 Å². The fraction of sp³-hybridized carbons (Fsp3) is 0.682. The summed E-state index contributed by atoms with van der Waals surface area (Å²) in [4.78, 5) is 13.0. The molecule has 27 heavy (non-hydrogen) atoms. The van der Waals surface area contributed by atoms with Crippen molar-refractivity contribution < 1.29 is 19.0 Å². The summed E-state index contributed by atoms with van der Waals surface area (Å²) in [6.07, 6.45) is 7.06. The van der Waals surface area contributed by atoms with Gasteiger partial charge in [0.2, 0.25) is 0 Å². The van der Waals surface area contributed by atoms with Crippen molar-refractivity contribution in [1.29, 1.82) is 0 Å². The summed E-state index contributed by atoms with van der Waals surface area (Å²) in [6.45, 7) is 6.08. The molecule has 0 spiro atoms. The number of hydrogen-bond acceptors (Lipinski definition) is 4. The normalized spacial score (nSPS) is 17.4. The minimum atomic E-state index is -0.468. The van der Waals surface area contributed by atoms with Crippen molar-refractivity contribution in [3.8, 4) is 11.5 Å². The summed E-state index contributed by atoms with van der Waals surface area (Å²) < 4.78 is 16.6. The van der Waals surface area contributed by atoms with Crippen LogP contribution >= 0.6 is 0 Å². The Labute approximate surface area is 163 Å². The Morgan fingerprint density at radius 3 is 2.15 bits per heavy atom. The van der Waals surface area contributed by atoms with Crippen LogP contribution in [0.25, 0.3) is 0 Å². The van der Waals surface area contributed by atoms with E-state index in [1.807, 2.05) is 13.8 Å². The lowest BCUT2D eigenvalue weighted by molar-refractivity contribution is -0.134. The van der Waals surface area contributed by atoms with Crippen LogP contribution in [0, 0.1) is 11.8 Å². The number of carbonyl (C=O) groups is 1. The Bertz CT molecular complexity index is 574. The number of benzene rings is 1. The molecule has 0 bridgehead atoms. The maximum absolute atomic E-state index is 13.0. The largest absolute Gasteiger partial charge is 0.497 e. The molecular weight excluding hydrogens is 342 g/mol. The summed E-state index contributed by atoms with van der Waals surface area (Å²) in [5, 5.41) is 2.99. The van der Waals surface area contributed by atoms with Crippen LogP contribution in [0.1, 0.15) is 59.3 Å². The molecule has 1 fully saturated rings. The van der Waals surface area contributed by atoms with E-state index in [1.54, 1.807) is 32.4 Å². The molecule has 2 atom stereocenters. The molecule has 0 aromatic heterocycles. The number of hydrogen-bond donors (Lipinski definition) is 1. The van der Waals surface area contributed by atoms with E-state index in [0.717, 1.165) is 6.42 Å². The number of amides is 1. The lowest BCUT2D eigenvalue weighted by Gasteiger charge is -2.30. The van der Waals surface area contributed by atoms with Crippen LogP contribution in [-0.4, -0.2) is 32.3 Å². The molecule has 1 saturated carbocycles. The van der Waals surface area contributed by atoms with E-state index >= 15 is 0 Å². The smallest absolute Gasteiger partial charge is 0.253 e. The second-order valence-electron chi connectivity index (χ2n) is 7.91. The molecule has 1 amide bonds. The van der Waals surface area contributed by atoms with Gasteiger partial charge in [0.1, 0.15) is 17.6 Å². The lowest BCUT2D eigenvalue weighted by atomic mass is 9.81. The molecule has 0 saturated heterocycles. The molecule has 5 heteroatoms. The third kappa shape index (κ3) is 6.73. The highest BCUT2D eigenvalue weighted by Gasteiger charge is 2.29. The minimum Gasteiger partial charge on any atom is -0.497 e.